The van der Waals surface area contributed by atoms with E-state index in [0.29, 0.717) is 31.6 Å². The minimum atomic E-state index is -4.76. The first kappa shape index (κ1) is 25.3. The van der Waals surface area contributed by atoms with Crippen LogP contribution in [0.25, 0.3) is 0 Å². The molecular weight excluding hydrogens is 461 g/mol. The Bertz CT molecular complexity index is 1050. The van der Waals surface area contributed by atoms with Crippen molar-refractivity contribution in [2.24, 2.45) is 5.92 Å². The first-order valence-electron chi connectivity index (χ1n) is 10.6. The molecular formula is C22H27F3N2O5S. The Morgan fingerprint density at radius 2 is 2.00 bits per heavy atom. The van der Waals surface area contributed by atoms with Crippen molar-refractivity contribution < 1.29 is 36.2 Å². The van der Waals surface area contributed by atoms with E-state index in [4.69, 9.17) is 0 Å². The van der Waals surface area contributed by atoms with E-state index >= 15 is 0 Å². The van der Waals surface area contributed by atoms with E-state index < -0.39 is 28.3 Å². The van der Waals surface area contributed by atoms with Crippen LogP contribution in [0.1, 0.15) is 25.0 Å². The first-order chi connectivity index (χ1) is 15.4. The van der Waals surface area contributed by atoms with Gasteiger partial charge in [-0.3, -0.25) is 9.69 Å². The molecule has 2 aliphatic rings. The van der Waals surface area contributed by atoms with Crippen LogP contribution in [0.5, 0.6) is 0 Å². The van der Waals surface area contributed by atoms with E-state index in [-0.39, 0.29) is 29.7 Å². The molecule has 0 spiro atoms. The summed E-state index contributed by atoms with van der Waals surface area (Å²) in [5.74, 6) is -1.87. The second kappa shape index (κ2) is 9.86. The molecule has 7 nitrogen and oxygen atoms in total. The number of carboxylic acid groups (broad SMARTS) is 1. The van der Waals surface area contributed by atoms with E-state index in [1.165, 1.54) is 29.4 Å². The van der Waals surface area contributed by atoms with Gasteiger partial charge in [0.15, 0.2) is 0 Å². The fourth-order valence-electron chi connectivity index (χ4n) is 4.34. The Labute approximate surface area is 191 Å². The van der Waals surface area contributed by atoms with Crippen LogP contribution in [-0.4, -0.2) is 67.3 Å². The van der Waals surface area contributed by atoms with Gasteiger partial charge in [0.05, 0.1) is 10.8 Å². The predicted molar refractivity (Wildman–Crippen MR) is 115 cm³/mol. The summed E-state index contributed by atoms with van der Waals surface area (Å²) < 4.78 is 69.3. The third-order valence-corrected chi connectivity index (χ3v) is 8.00. The molecule has 0 amide bonds. The van der Waals surface area contributed by atoms with Gasteiger partial charge in [-0.1, -0.05) is 18.2 Å². The monoisotopic (exact) mass is 488 g/mol. The van der Waals surface area contributed by atoms with Crippen LogP contribution < -0.4 is 0 Å². The zero-order valence-electron chi connectivity index (χ0n) is 18.4. The zero-order chi connectivity index (χ0) is 24.4. The number of fused-ring (bicyclic) bond motifs is 1. The van der Waals surface area contributed by atoms with Gasteiger partial charge < -0.3 is 9.84 Å². The number of halogens is 3. The van der Waals surface area contributed by atoms with E-state index in [2.05, 4.69) is 4.74 Å². The van der Waals surface area contributed by atoms with E-state index in [0.717, 1.165) is 5.56 Å². The maximum atomic E-state index is 13.4. The van der Waals surface area contributed by atoms with Gasteiger partial charge in [-0.05, 0) is 56.0 Å². The number of aliphatic carboxylic acids is 1. The van der Waals surface area contributed by atoms with Gasteiger partial charge in [-0.15, -0.1) is 13.2 Å². The Balaban J connectivity index is 1.67. The lowest BCUT2D eigenvalue weighted by Crippen LogP contribution is -2.53. The van der Waals surface area contributed by atoms with Crippen LogP contribution in [0.4, 0.5) is 13.2 Å². The summed E-state index contributed by atoms with van der Waals surface area (Å²) in [6.07, 6.45) is -0.253. The highest BCUT2D eigenvalue weighted by Gasteiger charge is 2.38. The van der Waals surface area contributed by atoms with Crippen LogP contribution in [0.2, 0.25) is 0 Å². The van der Waals surface area contributed by atoms with Crippen molar-refractivity contribution in [2.45, 2.75) is 44.0 Å². The summed E-state index contributed by atoms with van der Waals surface area (Å²) in [5.41, 5.74) is 1.33. The Morgan fingerprint density at radius 3 is 2.61 bits per heavy atom. The number of sulfonamides is 1. The summed E-state index contributed by atoms with van der Waals surface area (Å²) in [7, 11) is -3.83. The predicted octanol–water partition coefficient (Wildman–Crippen LogP) is 3.18. The number of piperazine rings is 1. The van der Waals surface area contributed by atoms with Crippen molar-refractivity contribution in [3.8, 4) is 0 Å². The number of benzene rings is 1. The number of hydrogen-bond acceptors (Lipinski definition) is 5. The lowest BCUT2D eigenvalue weighted by Gasteiger charge is -2.38. The molecule has 0 bridgehead atoms. The second-order valence-electron chi connectivity index (χ2n) is 8.20. The molecule has 2 atom stereocenters. The van der Waals surface area contributed by atoms with Crippen molar-refractivity contribution in [1.29, 1.82) is 0 Å². The normalized spacial score (nSPS) is 23.1. The smallest absolute Gasteiger partial charge is 0.481 e. The highest BCUT2D eigenvalue weighted by Crippen LogP contribution is 2.34. The maximum absolute atomic E-state index is 13.4. The number of carboxylic acids is 1. The second-order valence-corrected chi connectivity index (χ2v) is 10.1. The molecule has 1 N–H and O–H groups in total. The average Bonchev–Trinajstić information content (AvgIpc) is 3.16. The van der Waals surface area contributed by atoms with Gasteiger partial charge in [0.2, 0.25) is 10.0 Å². The van der Waals surface area contributed by atoms with Gasteiger partial charge >= 0.3 is 12.3 Å². The molecule has 11 heteroatoms. The van der Waals surface area contributed by atoms with Gasteiger partial charge in [0.25, 0.3) is 0 Å². The molecule has 1 saturated heterocycles. The molecule has 33 heavy (non-hydrogen) atoms. The van der Waals surface area contributed by atoms with E-state index in [1.54, 1.807) is 25.1 Å². The van der Waals surface area contributed by atoms with Crippen LogP contribution in [0.15, 0.2) is 47.1 Å². The SMILES string of the molecule is C/C=C(\C=C/CN1CCN(S(=O)(=O)c2cccc3c2CC(C(=O)O)C3)[C@@H](C)C1)OC(F)(F)F. The van der Waals surface area contributed by atoms with Crippen LogP contribution in [0.3, 0.4) is 0 Å². The molecule has 1 unspecified atom stereocenters. The summed E-state index contributed by atoms with van der Waals surface area (Å²) in [6, 6.07) is 4.58. The largest absolute Gasteiger partial charge is 0.573 e. The zero-order valence-corrected chi connectivity index (χ0v) is 19.2. The summed E-state index contributed by atoms with van der Waals surface area (Å²) in [5, 5.41) is 9.34. The van der Waals surface area contributed by atoms with Gasteiger partial charge in [-0.25, -0.2) is 8.42 Å². The third kappa shape index (κ3) is 5.96. The van der Waals surface area contributed by atoms with Crippen LogP contribution >= 0.6 is 0 Å². The fraction of sp³-hybridized carbons (Fsp3) is 0.500. The van der Waals surface area contributed by atoms with E-state index in [1.807, 2.05) is 4.90 Å². The highest BCUT2D eigenvalue weighted by molar-refractivity contribution is 7.89. The quantitative estimate of drug-likeness (QED) is 0.469. The average molecular weight is 489 g/mol. The molecule has 1 aromatic rings. The molecule has 182 valence electrons. The van der Waals surface area contributed by atoms with Crippen LogP contribution in [0, 0.1) is 5.92 Å². The van der Waals surface area contributed by atoms with E-state index in [9.17, 15) is 31.5 Å². The van der Waals surface area contributed by atoms with Gasteiger partial charge in [0.1, 0.15) is 5.76 Å². The molecule has 1 aromatic carbocycles. The molecule has 1 fully saturated rings. The minimum Gasteiger partial charge on any atom is -0.481 e. The number of nitrogens with zero attached hydrogens (tertiary/aromatic N) is 2. The topological polar surface area (TPSA) is 87.2 Å². The summed E-state index contributed by atoms with van der Waals surface area (Å²) in [6.45, 7) is 4.60. The number of carbonyl (C=O) groups is 1. The lowest BCUT2D eigenvalue weighted by molar-refractivity contribution is -0.303. The Kier molecular flexibility index (Phi) is 7.55. The molecule has 3 rings (SSSR count). The number of allylic oxidation sites excluding steroid dienone is 2. The van der Waals surface area contributed by atoms with Crippen molar-refractivity contribution in [1.82, 2.24) is 9.21 Å². The molecule has 0 radical (unpaired) electrons. The third-order valence-electron chi connectivity index (χ3n) is 5.90. The maximum Gasteiger partial charge on any atom is 0.573 e. The fourth-order valence-corrected chi connectivity index (χ4v) is 6.23. The standard InChI is InChI=1S/C22H27F3N2O5S/c1-3-18(32-22(23,24)25)7-5-9-26-10-11-27(15(2)14-26)33(30,31)20-8-4-6-16-12-17(21(28)29)13-19(16)20/h3-8,15,17H,9-14H2,1-2H3,(H,28,29)/b7-5-,18-3+/t15-,17?/m0/s1. The number of hydrogen-bond donors (Lipinski definition) is 1. The number of rotatable bonds is 7. The van der Waals surface area contributed by atoms with Crippen molar-refractivity contribution in [3.63, 3.8) is 0 Å². The molecule has 0 aromatic heterocycles. The van der Waals surface area contributed by atoms with Crippen molar-refractivity contribution >= 4 is 16.0 Å². The lowest BCUT2D eigenvalue weighted by atomic mass is 10.1. The molecule has 1 heterocycles. The van der Waals surface area contributed by atoms with Gasteiger partial charge in [-0.2, -0.15) is 4.31 Å². The number of ether oxygens (including phenoxy) is 1. The summed E-state index contributed by atoms with van der Waals surface area (Å²) >= 11 is 0. The highest BCUT2D eigenvalue weighted by atomic mass is 32.2. The van der Waals surface area contributed by atoms with Crippen LogP contribution in [-0.2, 0) is 32.4 Å². The summed E-state index contributed by atoms with van der Waals surface area (Å²) in [4.78, 5) is 13.5. The molecule has 1 aliphatic carbocycles. The van der Waals surface area contributed by atoms with Crippen molar-refractivity contribution in [2.75, 3.05) is 26.2 Å². The van der Waals surface area contributed by atoms with Gasteiger partial charge in [0, 0.05) is 32.2 Å². The number of alkyl halides is 3. The minimum absolute atomic E-state index is 0.158. The van der Waals surface area contributed by atoms with Crippen molar-refractivity contribution in [3.05, 3.63) is 53.3 Å². The molecule has 1 aliphatic heterocycles. The Morgan fingerprint density at radius 1 is 1.27 bits per heavy atom. The molecule has 0 saturated carbocycles. The Hall–Kier alpha value is -2.37. The first-order valence-corrected chi connectivity index (χ1v) is 12.0.